The van der Waals surface area contributed by atoms with Crippen LogP contribution in [0.5, 0.6) is 0 Å². The van der Waals surface area contributed by atoms with Crippen molar-refractivity contribution in [2.45, 2.75) is 89.3 Å². The van der Waals surface area contributed by atoms with Crippen molar-refractivity contribution in [3.63, 3.8) is 0 Å². The second-order valence-corrected chi connectivity index (χ2v) is 12.1. The van der Waals surface area contributed by atoms with Crippen molar-refractivity contribution in [1.82, 2.24) is 25.7 Å². The van der Waals surface area contributed by atoms with Crippen LogP contribution in [0.3, 0.4) is 0 Å². The third-order valence-corrected chi connectivity index (χ3v) is 8.73. The molecule has 46 heavy (non-hydrogen) atoms. The van der Waals surface area contributed by atoms with Gasteiger partial charge in [-0.25, -0.2) is 4.68 Å². The third-order valence-electron chi connectivity index (χ3n) is 8.73. The van der Waals surface area contributed by atoms with Crippen molar-refractivity contribution in [2.75, 3.05) is 6.61 Å². The zero-order valence-electron chi connectivity index (χ0n) is 26.0. The first-order chi connectivity index (χ1) is 22.5. The van der Waals surface area contributed by atoms with E-state index in [-0.39, 0.29) is 47.9 Å². The molecule has 0 bridgehead atoms. The molecule has 1 aromatic heterocycles. The molecule has 242 valence electrons. The molecule has 0 aliphatic heterocycles. The molecule has 2 aliphatic carbocycles. The number of aromatic nitrogens is 2. The predicted octanol–water partition coefficient (Wildman–Crippen LogP) is 4.24. The van der Waals surface area contributed by atoms with Gasteiger partial charge in [0, 0.05) is 18.0 Å². The van der Waals surface area contributed by atoms with Gasteiger partial charge in [0.15, 0.2) is 11.9 Å². The molecule has 2 saturated carbocycles. The van der Waals surface area contributed by atoms with Crippen LogP contribution >= 0.6 is 0 Å². The number of ether oxygens (including phenoxy) is 2. The SMILES string of the molecule is N#CNC(=O)c1cc(C(=O)N[C@H]2CCCC[C@@H]2OCc2ccccc2)n(CC(=O)N[C@H]2CCCC[C@@H]2COCc2ccccc2)n1. The topological polar surface area (TPSA) is 147 Å². The van der Waals surface area contributed by atoms with Crippen LogP contribution in [0, 0.1) is 17.4 Å². The number of nitrogens with zero attached hydrogens (tertiary/aromatic N) is 3. The van der Waals surface area contributed by atoms with Gasteiger partial charge in [0.1, 0.15) is 12.2 Å². The van der Waals surface area contributed by atoms with Crippen molar-refractivity contribution < 1.29 is 23.9 Å². The summed E-state index contributed by atoms with van der Waals surface area (Å²) in [6, 6.07) is 20.9. The Morgan fingerprint density at radius 1 is 0.826 bits per heavy atom. The molecule has 4 atom stereocenters. The molecule has 11 nitrogen and oxygen atoms in total. The van der Waals surface area contributed by atoms with Gasteiger partial charge < -0.3 is 20.1 Å². The van der Waals surface area contributed by atoms with Gasteiger partial charge >= 0.3 is 0 Å². The Balaban J connectivity index is 1.23. The van der Waals surface area contributed by atoms with Crippen LogP contribution in [0.1, 0.15) is 83.5 Å². The zero-order chi connectivity index (χ0) is 32.1. The average Bonchev–Trinajstić information content (AvgIpc) is 3.50. The fraction of sp³-hybridized carbons (Fsp3) is 0.457. The largest absolute Gasteiger partial charge is 0.376 e. The van der Waals surface area contributed by atoms with E-state index in [0.717, 1.165) is 62.5 Å². The van der Waals surface area contributed by atoms with Crippen LogP contribution in [0.4, 0.5) is 0 Å². The summed E-state index contributed by atoms with van der Waals surface area (Å²) >= 11 is 0. The lowest BCUT2D eigenvalue weighted by molar-refractivity contribution is -0.123. The van der Waals surface area contributed by atoms with Gasteiger partial charge in [-0.1, -0.05) is 86.3 Å². The Bertz CT molecular complexity index is 1490. The van der Waals surface area contributed by atoms with Gasteiger partial charge in [0.2, 0.25) is 5.91 Å². The van der Waals surface area contributed by atoms with Crippen LogP contribution in [0.15, 0.2) is 66.7 Å². The van der Waals surface area contributed by atoms with Gasteiger partial charge in [-0.15, -0.1) is 0 Å². The van der Waals surface area contributed by atoms with Crippen molar-refractivity contribution in [3.8, 4) is 6.19 Å². The Kier molecular flexibility index (Phi) is 11.9. The van der Waals surface area contributed by atoms with E-state index in [1.807, 2.05) is 66.0 Å². The molecule has 2 aliphatic rings. The summed E-state index contributed by atoms with van der Waals surface area (Å²) in [6.45, 7) is 1.22. The quantitative estimate of drug-likeness (QED) is 0.190. The maximum absolute atomic E-state index is 13.6. The summed E-state index contributed by atoms with van der Waals surface area (Å²) < 4.78 is 13.5. The zero-order valence-corrected chi connectivity index (χ0v) is 26.0. The lowest BCUT2D eigenvalue weighted by Crippen LogP contribution is -2.47. The highest BCUT2D eigenvalue weighted by atomic mass is 16.5. The molecule has 0 saturated heterocycles. The molecule has 11 heteroatoms. The Morgan fingerprint density at radius 3 is 2.20 bits per heavy atom. The molecule has 0 spiro atoms. The van der Waals surface area contributed by atoms with Gasteiger partial charge in [0.05, 0.1) is 32.0 Å². The number of nitriles is 1. The van der Waals surface area contributed by atoms with Crippen molar-refractivity contribution >= 4 is 17.7 Å². The van der Waals surface area contributed by atoms with Gasteiger partial charge in [-0.3, -0.25) is 19.7 Å². The van der Waals surface area contributed by atoms with E-state index >= 15 is 0 Å². The fourth-order valence-corrected chi connectivity index (χ4v) is 6.32. The summed E-state index contributed by atoms with van der Waals surface area (Å²) in [5.41, 5.74) is 2.10. The second kappa shape index (κ2) is 16.7. The number of carbonyl (C=O) groups excluding carboxylic acids is 3. The van der Waals surface area contributed by atoms with Crippen molar-refractivity contribution in [3.05, 3.63) is 89.2 Å². The van der Waals surface area contributed by atoms with Crippen LogP contribution in [0.25, 0.3) is 0 Å². The van der Waals surface area contributed by atoms with E-state index in [4.69, 9.17) is 14.7 Å². The normalized spacial score (nSPS) is 21.1. The number of hydrogen-bond donors (Lipinski definition) is 3. The molecule has 3 aromatic rings. The highest BCUT2D eigenvalue weighted by Crippen LogP contribution is 2.26. The number of hydrogen-bond acceptors (Lipinski definition) is 7. The monoisotopic (exact) mass is 626 g/mol. The summed E-state index contributed by atoms with van der Waals surface area (Å²) in [6.07, 6.45) is 8.78. The second-order valence-electron chi connectivity index (χ2n) is 12.1. The number of nitrogens with one attached hydrogen (secondary N) is 3. The summed E-state index contributed by atoms with van der Waals surface area (Å²) in [5.74, 6) is -1.36. The van der Waals surface area contributed by atoms with Crippen molar-refractivity contribution in [1.29, 1.82) is 5.26 Å². The summed E-state index contributed by atoms with van der Waals surface area (Å²) in [4.78, 5) is 39.4. The summed E-state index contributed by atoms with van der Waals surface area (Å²) in [5, 5.41) is 21.5. The van der Waals surface area contributed by atoms with Crippen LogP contribution in [-0.2, 0) is 34.0 Å². The van der Waals surface area contributed by atoms with Crippen LogP contribution in [0.2, 0.25) is 0 Å². The first-order valence-corrected chi connectivity index (χ1v) is 16.1. The molecular formula is C35H42N6O5. The standard InChI is InChI=1S/C35H42N6O5/c36-24-37-34(43)30-19-31(35(44)39-29-17-9-10-18-32(29)46-22-26-13-5-2-6-14-26)41(40-30)20-33(42)38-28-16-8-7-15-27(28)23-45-21-25-11-3-1-4-12-25/h1-6,11-14,19,27-29,32H,7-10,15-18,20-23H2,(H,37,43)(H,38,42)(H,39,44)/t27-,28+,29+,32+/m1/s1. The van der Waals surface area contributed by atoms with Gasteiger partial charge in [0.25, 0.3) is 11.8 Å². The van der Waals surface area contributed by atoms with E-state index in [9.17, 15) is 14.4 Å². The van der Waals surface area contributed by atoms with E-state index in [1.54, 1.807) is 6.19 Å². The van der Waals surface area contributed by atoms with E-state index < -0.39 is 11.8 Å². The number of rotatable bonds is 13. The minimum absolute atomic E-state index is 0.0667. The first kappa shape index (κ1) is 32.9. The van der Waals surface area contributed by atoms with E-state index in [0.29, 0.717) is 19.8 Å². The van der Waals surface area contributed by atoms with Crippen LogP contribution in [-0.4, -0.2) is 52.3 Å². The number of carbonyl (C=O) groups is 3. The predicted molar refractivity (Wildman–Crippen MR) is 170 cm³/mol. The van der Waals surface area contributed by atoms with E-state index in [1.165, 1.54) is 10.7 Å². The molecule has 2 fully saturated rings. The number of amides is 3. The Labute approximate surface area is 269 Å². The maximum Gasteiger partial charge on any atom is 0.284 e. The minimum Gasteiger partial charge on any atom is -0.376 e. The highest BCUT2D eigenvalue weighted by Gasteiger charge is 2.31. The molecule has 2 aromatic carbocycles. The first-order valence-electron chi connectivity index (χ1n) is 16.1. The van der Waals surface area contributed by atoms with Gasteiger partial charge in [-0.2, -0.15) is 10.4 Å². The molecule has 3 amide bonds. The Morgan fingerprint density at radius 2 is 1.48 bits per heavy atom. The number of benzene rings is 2. The molecule has 0 unspecified atom stereocenters. The molecule has 5 rings (SSSR count). The molecule has 1 heterocycles. The molecular weight excluding hydrogens is 584 g/mol. The minimum atomic E-state index is -0.750. The molecule has 3 N–H and O–H groups in total. The van der Waals surface area contributed by atoms with Crippen molar-refractivity contribution in [2.24, 2.45) is 5.92 Å². The van der Waals surface area contributed by atoms with E-state index in [2.05, 4.69) is 15.7 Å². The Hall–Kier alpha value is -4.53. The van der Waals surface area contributed by atoms with Gasteiger partial charge in [-0.05, 0) is 36.8 Å². The molecule has 0 radical (unpaired) electrons. The smallest absolute Gasteiger partial charge is 0.284 e. The third kappa shape index (κ3) is 9.25. The van der Waals surface area contributed by atoms with Crippen LogP contribution < -0.4 is 16.0 Å². The fourth-order valence-electron chi connectivity index (χ4n) is 6.32. The average molecular weight is 627 g/mol. The lowest BCUT2D eigenvalue weighted by Gasteiger charge is -2.32. The maximum atomic E-state index is 13.6. The highest BCUT2D eigenvalue weighted by molar-refractivity contribution is 5.98. The lowest BCUT2D eigenvalue weighted by atomic mass is 9.85. The summed E-state index contributed by atoms with van der Waals surface area (Å²) in [7, 11) is 0.